The molecule has 0 spiro atoms. The van der Waals surface area contributed by atoms with Crippen LogP contribution in [0.25, 0.3) is 12.2 Å². The molecule has 144 valence electrons. The van der Waals surface area contributed by atoms with Gasteiger partial charge in [0.2, 0.25) is 0 Å². The Labute approximate surface area is 186 Å². The van der Waals surface area contributed by atoms with Crippen LogP contribution in [0.5, 0.6) is 0 Å². The van der Waals surface area contributed by atoms with Crippen LogP contribution < -0.4 is 4.90 Å². The summed E-state index contributed by atoms with van der Waals surface area (Å²) in [6, 6.07) is 12.5. The Morgan fingerprint density at radius 1 is 0.724 bits per heavy atom. The first-order chi connectivity index (χ1) is 13.9. The number of hydrogen-bond acceptors (Lipinski definition) is 3. The third kappa shape index (κ3) is 3.32. The van der Waals surface area contributed by atoms with E-state index in [0.29, 0.717) is 11.3 Å². The highest BCUT2D eigenvalue weighted by atomic mass is 35.5. The maximum atomic E-state index is 13.1. The average molecular weight is 464 g/mol. The minimum Gasteiger partial charge on any atom is -0.268 e. The molecule has 0 fully saturated rings. The summed E-state index contributed by atoms with van der Waals surface area (Å²) < 4.78 is 0. The van der Waals surface area contributed by atoms with Gasteiger partial charge in [-0.2, -0.15) is 0 Å². The van der Waals surface area contributed by atoms with Crippen LogP contribution in [-0.4, -0.2) is 16.8 Å². The van der Waals surface area contributed by atoms with Crippen molar-refractivity contribution in [2.45, 2.75) is 0 Å². The van der Waals surface area contributed by atoms with E-state index in [-0.39, 0.29) is 31.2 Å². The third-order valence-corrected chi connectivity index (χ3v) is 6.20. The highest BCUT2D eigenvalue weighted by Gasteiger charge is 2.42. The van der Waals surface area contributed by atoms with Gasteiger partial charge in [0.1, 0.15) is 0 Å². The summed E-state index contributed by atoms with van der Waals surface area (Å²) in [5.41, 5.74) is 1.64. The van der Waals surface area contributed by atoms with Gasteiger partial charge in [0, 0.05) is 6.20 Å². The van der Waals surface area contributed by atoms with E-state index in [1.165, 1.54) is 0 Å². The number of fused-ring (bicyclic) bond motifs is 1. The molecule has 2 heterocycles. The summed E-state index contributed by atoms with van der Waals surface area (Å²) in [4.78, 5) is 31.4. The Balaban J connectivity index is 1.82. The fraction of sp³-hybridized carbons (Fsp3) is 0. The number of imide groups is 1. The zero-order valence-electron chi connectivity index (χ0n) is 14.5. The molecule has 0 atom stereocenters. The number of amides is 2. The van der Waals surface area contributed by atoms with Crippen molar-refractivity contribution in [3.63, 3.8) is 0 Å². The van der Waals surface area contributed by atoms with Gasteiger partial charge in [-0.1, -0.05) is 76.7 Å². The fourth-order valence-electron chi connectivity index (χ4n) is 3.05. The van der Waals surface area contributed by atoms with Gasteiger partial charge in [-0.25, -0.2) is 4.90 Å². The molecule has 0 saturated heterocycles. The molecule has 4 nitrogen and oxygen atoms in total. The lowest BCUT2D eigenvalue weighted by molar-refractivity contribution is 0.0926. The van der Waals surface area contributed by atoms with E-state index in [1.54, 1.807) is 42.6 Å². The predicted octanol–water partition coefficient (Wildman–Crippen LogP) is 6.67. The van der Waals surface area contributed by atoms with Crippen LogP contribution in [0.1, 0.15) is 32.0 Å². The number of carbonyl (C=O) groups excluding carboxylic acids is 2. The first-order valence-corrected chi connectivity index (χ1v) is 9.86. The molecule has 1 aliphatic rings. The standard InChI is InChI=1S/C21H10Cl4N2O2/c22-16-14-15(17(23)19(25)18(16)24)21(29)27(20(14)28)13-7-2-1-5-11(13)8-9-12-6-3-4-10-26-12/h1-10H/b9-8+. The van der Waals surface area contributed by atoms with Gasteiger partial charge in [-0.3, -0.25) is 14.6 Å². The molecular weight excluding hydrogens is 454 g/mol. The second-order valence-electron chi connectivity index (χ2n) is 6.10. The lowest BCUT2D eigenvalue weighted by Gasteiger charge is -2.16. The van der Waals surface area contributed by atoms with Crippen molar-refractivity contribution < 1.29 is 9.59 Å². The number of carbonyl (C=O) groups is 2. The van der Waals surface area contributed by atoms with E-state index in [0.717, 1.165) is 10.6 Å². The number of para-hydroxylation sites is 1. The molecule has 4 rings (SSSR count). The topological polar surface area (TPSA) is 50.3 Å². The van der Waals surface area contributed by atoms with E-state index < -0.39 is 11.8 Å². The van der Waals surface area contributed by atoms with Gasteiger partial charge in [-0.05, 0) is 29.8 Å². The first-order valence-electron chi connectivity index (χ1n) is 8.34. The second-order valence-corrected chi connectivity index (χ2v) is 7.61. The Morgan fingerprint density at radius 2 is 1.31 bits per heavy atom. The van der Waals surface area contributed by atoms with Crippen LogP contribution in [0.15, 0.2) is 48.7 Å². The maximum absolute atomic E-state index is 13.1. The summed E-state index contributed by atoms with van der Waals surface area (Å²) >= 11 is 24.6. The molecule has 0 radical (unpaired) electrons. The summed E-state index contributed by atoms with van der Waals surface area (Å²) in [7, 11) is 0. The number of halogens is 4. The minimum absolute atomic E-state index is 0.0559. The van der Waals surface area contributed by atoms with Crippen molar-refractivity contribution >= 4 is 76.1 Å². The number of rotatable bonds is 3. The van der Waals surface area contributed by atoms with Crippen LogP contribution in [0.2, 0.25) is 20.1 Å². The van der Waals surface area contributed by atoms with Crippen molar-refractivity contribution in [2.24, 2.45) is 0 Å². The monoisotopic (exact) mass is 462 g/mol. The molecule has 8 heteroatoms. The first kappa shape index (κ1) is 19.9. The number of benzene rings is 2. The van der Waals surface area contributed by atoms with Crippen LogP contribution in [0, 0.1) is 0 Å². The van der Waals surface area contributed by atoms with Crippen LogP contribution in [0.3, 0.4) is 0 Å². The molecule has 3 aromatic rings. The van der Waals surface area contributed by atoms with E-state index >= 15 is 0 Å². The van der Waals surface area contributed by atoms with Gasteiger partial charge < -0.3 is 0 Å². The highest BCUT2D eigenvalue weighted by Crippen LogP contribution is 2.46. The number of anilines is 1. The molecule has 0 aliphatic carbocycles. The van der Waals surface area contributed by atoms with Gasteiger partial charge in [0.15, 0.2) is 0 Å². The zero-order chi connectivity index (χ0) is 20.7. The Bertz CT molecular complexity index is 1150. The maximum Gasteiger partial charge on any atom is 0.267 e. The Morgan fingerprint density at radius 3 is 1.90 bits per heavy atom. The van der Waals surface area contributed by atoms with Crippen molar-refractivity contribution in [1.82, 2.24) is 4.98 Å². The quantitative estimate of drug-likeness (QED) is 0.247. The van der Waals surface area contributed by atoms with Crippen LogP contribution >= 0.6 is 46.4 Å². The highest BCUT2D eigenvalue weighted by molar-refractivity contribution is 6.56. The molecule has 0 bridgehead atoms. The molecule has 0 unspecified atom stereocenters. The molecule has 1 aliphatic heterocycles. The van der Waals surface area contributed by atoms with E-state index in [4.69, 9.17) is 46.4 Å². The summed E-state index contributed by atoms with van der Waals surface area (Å²) in [5, 5.41) is -0.330. The zero-order valence-corrected chi connectivity index (χ0v) is 17.5. The average Bonchev–Trinajstić information content (AvgIpc) is 3.00. The van der Waals surface area contributed by atoms with Crippen molar-refractivity contribution in [3.8, 4) is 0 Å². The Kier molecular flexibility index (Phi) is 5.36. The smallest absolute Gasteiger partial charge is 0.267 e. The van der Waals surface area contributed by atoms with Gasteiger partial charge in [-0.15, -0.1) is 0 Å². The predicted molar refractivity (Wildman–Crippen MR) is 117 cm³/mol. The van der Waals surface area contributed by atoms with Crippen LogP contribution in [0.4, 0.5) is 5.69 Å². The van der Waals surface area contributed by atoms with E-state index in [1.807, 2.05) is 18.2 Å². The second kappa shape index (κ2) is 7.81. The number of nitrogens with zero attached hydrogens (tertiary/aromatic N) is 2. The van der Waals surface area contributed by atoms with E-state index in [9.17, 15) is 9.59 Å². The normalized spacial score (nSPS) is 13.4. The molecule has 0 saturated carbocycles. The minimum atomic E-state index is -0.617. The van der Waals surface area contributed by atoms with E-state index in [2.05, 4.69) is 4.98 Å². The molecule has 1 aromatic heterocycles. The molecule has 2 aromatic carbocycles. The van der Waals surface area contributed by atoms with Crippen molar-refractivity contribution in [1.29, 1.82) is 0 Å². The molecule has 0 N–H and O–H groups in total. The molecule has 29 heavy (non-hydrogen) atoms. The van der Waals surface area contributed by atoms with Crippen LogP contribution in [-0.2, 0) is 0 Å². The van der Waals surface area contributed by atoms with Crippen molar-refractivity contribution in [2.75, 3.05) is 4.90 Å². The summed E-state index contributed by atoms with van der Waals surface area (Å²) in [6.07, 6.45) is 5.22. The fourth-order valence-corrected chi connectivity index (χ4v) is 4.06. The number of aromatic nitrogens is 1. The van der Waals surface area contributed by atoms with Gasteiger partial charge >= 0.3 is 0 Å². The Hall–Kier alpha value is -2.37. The van der Waals surface area contributed by atoms with Gasteiger partial charge in [0.05, 0.1) is 42.6 Å². The third-order valence-electron chi connectivity index (χ3n) is 4.40. The molecule has 2 amide bonds. The van der Waals surface area contributed by atoms with Crippen molar-refractivity contribution in [3.05, 3.63) is 91.1 Å². The summed E-state index contributed by atoms with van der Waals surface area (Å²) in [6.45, 7) is 0. The molecular formula is C21H10Cl4N2O2. The van der Waals surface area contributed by atoms with Gasteiger partial charge in [0.25, 0.3) is 11.8 Å². The lowest BCUT2D eigenvalue weighted by Crippen LogP contribution is -2.30. The SMILES string of the molecule is O=C1c2c(Cl)c(Cl)c(Cl)c(Cl)c2C(=O)N1c1ccccc1/C=C/c1ccccn1. The largest absolute Gasteiger partial charge is 0.268 e. The number of pyridine rings is 1. The lowest BCUT2D eigenvalue weighted by atomic mass is 10.1. The number of hydrogen-bond donors (Lipinski definition) is 0. The summed E-state index contributed by atoms with van der Waals surface area (Å²) in [5.74, 6) is -1.23.